The van der Waals surface area contributed by atoms with Crippen LogP contribution in [-0.2, 0) is 19.1 Å². The van der Waals surface area contributed by atoms with Gasteiger partial charge in [-0.05, 0) is 36.4 Å². The zero-order valence-electron chi connectivity index (χ0n) is 16.3. The summed E-state index contributed by atoms with van der Waals surface area (Å²) in [5.41, 5.74) is 0.756. The van der Waals surface area contributed by atoms with Crippen LogP contribution in [0.5, 0.6) is 5.75 Å². The summed E-state index contributed by atoms with van der Waals surface area (Å²) in [4.78, 5) is 46.8. The molecule has 0 aliphatic heterocycles. The lowest BCUT2D eigenvalue weighted by Crippen LogP contribution is -2.32. The van der Waals surface area contributed by atoms with Crippen molar-refractivity contribution in [3.63, 3.8) is 0 Å². The molecule has 0 spiro atoms. The third kappa shape index (κ3) is 6.89. The first-order valence-electron chi connectivity index (χ1n) is 8.73. The molecule has 0 radical (unpaired) electrons. The molecular weight excluding hydrogens is 397 g/mol. The van der Waals surface area contributed by atoms with Gasteiger partial charge in [-0.1, -0.05) is 6.07 Å². The Morgan fingerprint density at radius 1 is 1.03 bits per heavy atom. The minimum atomic E-state index is -0.853. The minimum Gasteiger partial charge on any atom is -0.495 e. The van der Waals surface area contributed by atoms with Crippen LogP contribution in [0, 0.1) is 5.82 Å². The first-order chi connectivity index (χ1) is 14.3. The number of rotatable bonds is 8. The predicted molar refractivity (Wildman–Crippen MR) is 106 cm³/mol. The Kier molecular flexibility index (Phi) is 7.86. The maximum Gasteiger partial charge on any atom is 0.325 e. The van der Waals surface area contributed by atoms with E-state index in [0.29, 0.717) is 11.4 Å². The molecule has 0 bridgehead atoms. The Morgan fingerprint density at radius 3 is 2.47 bits per heavy atom. The second kappa shape index (κ2) is 10.6. The molecule has 3 amide bonds. The van der Waals surface area contributed by atoms with E-state index in [1.54, 1.807) is 12.1 Å². The van der Waals surface area contributed by atoms with Crippen molar-refractivity contribution in [3.8, 4) is 5.75 Å². The molecule has 0 heterocycles. The van der Waals surface area contributed by atoms with E-state index in [1.165, 1.54) is 38.3 Å². The highest BCUT2D eigenvalue weighted by atomic mass is 19.1. The maximum atomic E-state index is 13.1. The molecule has 30 heavy (non-hydrogen) atoms. The van der Waals surface area contributed by atoms with Gasteiger partial charge in [0, 0.05) is 18.2 Å². The number of methoxy groups -OCH3 is 1. The molecule has 2 aromatic rings. The van der Waals surface area contributed by atoms with Gasteiger partial charge in [0.05, 0.1) is 12.8 Å². The number of halogens is 1. The quantitative estimate of drug-likeness (QED) is 0.562. The molecule has 0 aliphatic rings. The van der Waals surface area contributed by atoms with Crippen LogP contribution >= 0.6 is 0 Å². The van der Waals surface area contributed by atoms with Crippen molar-refractivity contribution in [2.24, 2.45) is 0 Å². The summed E-state index contributed by atoms with van der Waals surface area (Å²) >= 11 is 0. The SMILES string of the molecule is COc1ccc(NC(C)=O)cc1NC(=O)COC(=O)CNC(=O)c1cccc(F)c1. The van der Waals surface area contributed by atoms with E-state index in [4.69, 9.17) is 9.47 Å². The van der Waals surface area contributed by atoms with E-state index in [9.17, 15) is 23.6 Å². The van der Waals surface area contributed by atoms with Crippen molar-refractivity contribution in [1.82, 2.24) is 5.32 Å². The number of anilines is 2. The molecule has 0 fully saturated rings. The van der Waals surface area contributed by atoms with Gasteiger partial charge in [0.2, 0.25) is 5.91 Å². The van der Waals surface area contributed by atoms with Crippen LogP contribution in [0.25, 0.3) is 0 Å². The summed E-state index contributed by atoms with van der Waals surface area (Å²) in [7, 11) is 1.41. The van der Waals surface area contributed by atoms with E-state index in [0.717, 1.165) is 6.07 Å². The number of carbonyl (C=O) groups excluding carboxylic acids is 4. The molecular formula is C20H20FN3O6. The molecule has 0 aromatic heterocycles. The molecule has 0 unspecified atom stereocenters. The van der Waals surface area contributed by atoms with Crippen LogP contribution in [0.15, 0.2) is 42.5 Å². The van der Waals surface area contributed by atoms with Gasteiger partial charge in [-0.3, -0.25) is 19.2 Å². The summed E-state index contributed by atoms with van der Waals surface area (Å²) in [6.07, 6.45) is 0. The third-order valence-corrected chi connectivity index (χ3v) is 3.64. The second-order valence-corrected chi connectivity index (χ2v) is 6.00. The first-order valence-corrected chi connectivity index (χ1v) is 8.73. The van der Waals surface area contributed by atoms with E-state index < -0.39 is 36.8 Å². The zero-order valence-corrected chi connectivity index (χ0v) is 16.3. The summed E-state index contributed by atoms with van der Waals surface area (Å²) in [5, 5.41) is 7.35. The molecule has 3 N–H and O–H groups in total. The van der Waals surface area contributed by atoms with Crippen molar-refractivity contribution >= 4 is 35.1 Å². The van der Waals surface area contributed by atoms with Crippen LogP contribution in [0.2, 0.25) is 0 Å². The number of esters is 1. The van der Waals surface area contributed by atoms with Gasteiger partial charge in [0.25, 0.3) is 11.8 Å². The molecule has 0 saturated heterocycles. The van der Waals surface area contributed by atoms with E-state index in [2.05, 4.69) is 16.0 Å². The minimum absolute atomic E-state index is 0.0479. The molecule has 2 aromatic carbocycles. The summed E-state index contributed by atoms with van der Waals surface area (Å²) in [6, 6.07) is 9.59. The van der Waals surface area contributed by atoms with Gasteiger partial charge in [-0.2, -0.15) is 0 Å². The number of ether oxygens (including phenoxy) is 2. The fourth-order valence-corrected chi connectivity index (χ4v) is 2.35. The van der Waals surface area contributed by atoms with Crippen molar-refractivity contribution in [2.45, 2.75) is 6.92 Å². The van der Waals surface area contributed by atoms with Crippen LogP contribution in [0.3, 0.4) is 0 Å². The summed E-state index contributed by atoms with van der Waals surface area (Å²) in [5.74, 6) is -2.69. The van der Waals surface area contributed by atoms with Gasteiger partial charge in [-0.15, -0.1) is 0 Å². The molecule has 0 saturated carbocycles. The second-order valence-electron chi connectivity index (χ2n) is 6.00. The lowest BCUT2D eigenvalue weighted by Gasteiger charge is -2.12. The smallest absolute Gasteiger partial charge is 0.325 e. The number of nitrogens with one attached hydrogen (secondary N) is 3. The maximum absolute atomic E-state index is 13.1. The molecule has 10 heteroatoms. The number of hydrogen-bond donors (Lipinski definition) is 3. The Balaban J connectivity index is 1.84. The van der Waals surface area contributed by atoms with Gasteiger partial charge in [0.15, 0.2) is 6.61 Å². The average Bonchev–Trinajstić information content (AvgIpc) is 2.70. The Labute approximate surface area is 171 Å². The third-order valence-electron chi connectivity index (χ3n) is 3.64. The number of carbonyl (C=O) groups is 4. The van der Waals surface area contributed by atoms with Gasteiger partial charge >= 0.3 is 5.97 Å². The molecule has 0 atom stereocenters. The lowest BCUT2D eigenvalue weighted by molar-refractivity contribution is -0.146. The van der Waals surface area contributed by atoms with Gasteiger partial charge in [0.1, 0.15) is 18.1 Å². The fourth-order valence-electron chi connectivity index (χ4n) is 2.35. The van der Waals surface area contributed by atoms with Crippen LogP contribution in [-0.4, -0.2) is 44.0 Å². The monoisotopic (exact) mass is 417 g/mol. The lowest BCUT2D eigenvalue weighted by atomic mass is 10.2. The van der Waals surface area contributed by atoms with E-state index in [-0.39, 0.29) is 17.2 Å². The number of amides is 3. The Morgan fingerprint density at radius 2 is 1.80 bits per heavy atom. The highest BCUT2D eigenvalue weighted by Gasteiger charge is 2.13. The first kappa shape index (κ1) is 22.3. The van der Waals surface area contributed by atoms with Crippen molar-refractivity contribution in [3.05, 3.63) is 53.8 Å². The fraction of sp³-hybridized carbons (Fsp3) is 0.200. The topological polar surface area (TPSA) is 123 Å². The zero-order chi connectivity index (χ0) is 22.1. The molecule has 158 valence electrons. The average molecular weight is 417 g/mol. The summed E-state index contributed by atoms with van der Waals surface area (Å²) in [6.45, 7) is 0.237. The molecule has 2 rings (SSSR count). The number of hydrogen-bond acceptors (Lipinski definition) is 6. The Bertz CT molecular complexity index is 963. The normalized spacial score (nSPS) is 9.97. The van der Waals surface area contributed by atoms with Crippen LogP contribution in [0.1, 0.15) is 17.3 Å². The van der Waals surface area contributed by atoms with Crippen molar-refractivity contribution in [2.75, 3.05) is 30.9 Å². The molecule has 9 nitrogen and oxygen atoms in total. The van der Waals surface area contributed by atoms with Crippen LogP contribution < -0.4 is 20.7 Å². The van der Waals surface area contributed by atoms with Crippen molar-refractivity contribution in [1.29, 1.82) is 0 Å². The largest absolute Gasteiger partial charge is 0.495 e. The van der Waals surface area contributed by atoms with E-state index in [1.807, 2.05) is 0 Å². The molecule has 0 aliphatic carbocycles. The van der Waals surface area contributed by atoms with Crippen LogP contribution in [0.4, 0.5) is 15.8 Å². The van der Waals surface area contributed by atoms with E-state index >= 15 is 0 Å². The standard InChI is InChI=1S/C20H20FN3O6/c1-12(25)23-15-6-7-17(29-2)16(9-15)24-18(26)11-30-19(27)10-22-20(28)13-4-3-5-14(21)8-13/h3-9H,10-11H2,1-2H3,(H,22,28)(H,23,25)(H,24,26). The predicted octanol–water partition coefficient (Wildman–Crippen LogP) is 1.70. The Hall–Kier alpha value is -3.95. The van der Waals surface area contributed by atoms with Gasteiger partial charge < -0.3 is 25.4 Å². The van der Waals surface area contributed by atoms with Crippen molar-refractivity contribution < 1.29 is 33.0 Å². The van der Waals surface area contributed by atoms with Gasteiger partial charge in [-0.25, -0.2) is 4.39 Å². The highest BCUT2D eigenvalue weighted by Crippen LogP contribution is 2.27. The summed E-state index contributed by atoms with van der Waals surface area (Å²) < 4.78 is 23.1. The highest BCUT2D eigenvalue weighted by molar-refractivity contribution is 5.97. The number of benzene rings is 2.